The second kappa shape index (κ2) is 9.34. The molecule has 0 aliphatic carbocycles. The molecule has 0 bridgehead atoms. The van der Waals surface area contributed by atoms with Gasteiger partial charge in [-0.3, -0.25) is 4.98 Å². The number of anilines is 1. The molecule has 3 aromatic heterocycles. The van der Waals surface area contributed by atoms with E-state index in [0.717, 1.165) is 22.6 Å². The van der Waals surface area contributed by atoms with E-state index in [9.17, 15) is 9.50 Å². The van der Waals surface area contributed by atoms with Crippen LogP contribution in [0.25, 0.3) is 16.9 Å². The van der Waals surface area contributed by atoms with Crippen molar-refractivity contribution >= 4 is 25.0 Å². The molecule has 8 heteroatoms. The summed E-state index contributed by atoms with van der Waals surface area (Å²) in [5.41, 5.74) is 4.13. The van der Waals surface area contributed by atoms with Crippen LogP contribution < -0.4 is 5.32 Å². The molecule has 0 spiro atoms. The van der Waals surface area contributed by atoms with Crippen molar-refractivity contribution in [2.75, 3.05) is 11.9 Å². The molecule has 31 heavy (non-hydrogen) atoms. The molecule has 0 aliphatic rings. The van der Waals surface area contributed by atoms with Crippen molar-refractivity contribution in [1.82, 2.24) is 19.6 Å². The lowest BCUT2D eigenvalue weighted by Crippen LogP contribution is -2.13. The number of benzene rings is 1. The fourth-order valence-electron chi connectivity index (χ4n) is 3.39. The number of fused-ring (bicyclic) bond motifs is 1. The predicted octanol–water partition coefficient (Wildman–Crippen LogP) is 5.09. The molecular weight excluding hydrogens is 413 g/mol. The highest BCUT2D eigenvalue weighted by Gasteiger charge is 2.16. The fraction of sp³-hybridized carbons (Fsp3) is 0.261. The lowest BCUT2D eigenvalue weighted by atomic mass is 10.0. The van der Waals surface area contributed by atoms with Crippen molar-refractivity contribution in [3.05, 3.63) is 71.9 Å². The summed E-state index contributed by atoms with van der Waals surface area (Å²) in [6.07, 6.45) is 4.62. The van der Waals surface area contributed by atoms with Crippen LogP contribution in [-0.4, -0.2) is 31.2 Å². The number of nitrogens with one attached hydrogen (secondary N) is 1. The number of phenols is 1. The topological polar surface area (TPSA) is 75.3 Å². The van der Waals surface area contributed by atoms with Crippen LogP contribution in [0.1, 0.15) is 43.7 Å². The van der Waals surface area contributed by atoms with Crippen molar-refractivity contribution in [1.29, 1.82) is 0 Å². The van der Waals surface area contributed by atoms with E-state index in [2.05, 4.69) is 36.2 Å². The maximum absolute atomic E-state index is 13.7. The van der Waals surface area contributed by atoms with Gasteiger partial charge in [0.25, 0.3) is 0 Å². The summed E-state index contributed by atoms with van der Waals surface area (Å²) in [6, 6.07) is 10.5. The van der Waals surface area contributed by atoms with E-state index in [1.807, 2.05) is 24.4 Å². The third-order valence-electron chi connectivity index (χ3n) is 5.17. The van der Waals surface area contributed by atoms with Gasteiger partial charge in [-0.25, -0.2) is 9.37 Å². The van der Waals surface area contributed by atoms with Crippen LogP contribution in [0.15, 0.2) is 55.0 Å². The summed E-state index contributed by atoms with van der Waals surface area (Å²) in [7, 11) is 0. The highest BCUT2D eigenvalue weighted by atomic mass is 32.1. The summed E-state index contributed by atoms with van der Waals surface area (Å²) < 4.78 is 15.5. The number of phenolic OH excluding ortho intramolecular Hbond substituents is 1. The molecule has 0 aliphatic heterocycles. The van der Waals surface area contributed by atoms with Gasteiger partial charge in [0.2, 0.25) is 0 Å². The number of rotatable bonds is 6. The van der Waals surface area contributed by atoms with E-state index in [4.69, 9.17) is 4.98 Å². The normalized spacial score (nSPS) is 12.0. The SMILES string of the molecule is CC(C)c1cnn2c(NC[C@@H](C)c3ccc(O)cc3)cc(-c3cncc(F)c3)nc12.S. The maximum Gasteiger partial charge on any atom is 0.161 e. The number of aromatic nitrogens is 4. The standard InChI is InChI=1S/C23H24FN5O.H2S/c1-14(2)20-13-27-29-22(26-10-15(3)16-4-6-19(30)7-5-16)9-21(28-23(20)29)17-8-18(24)12-25-11-17;/h4-9,11-15,26,30H,10H2,1-3H3;1H2/t15-;/m1./s1. The first-order valence-electron chi connectivity index (χ1n) is 9.94. The van der Waals surface area contributed by atoms with Crippen LogP contribution in [0, 0.1) is 5.82 Å². The van der Waals surface area contributed by atoms with Gasteiger partial charge in [0.15, 0.2) is 5.65 Å². The van der Waals surface area contributed by atoms with Gasteiger partial charge in [-0.2, -0.15) is 23.1 Å². The Morgan fingerprint density at radius 3 is 2.48 bits per heavy atom. The maximum atomic E-state index is 13.7. The average molecular weight is 440 g/mol. The quantitative estimate of drug-likeness (QED) is 0.438. The Balaban J connectivity index is 0.00000272. The molecule has 0 amide bonds. The van der Waals surface area contributed by atoms with Crippen molar-refractivity contribution < 1.29 is 9.50 Å². The minimum atomic E-state index is -0.401. The molecule has 0 radical (unpaired) electrons. The number of nitrogens with zero attached hydrogens (tertiary/aromatic N) is 4. The molecule has 0 saturated carbocycles. The number of hydrogen-bond donors (Lipinski definition) is 2. The number of hydrogen-bond acceptors (Lipinski definition) is 5. The molecule has 1 atom stereocenters. The molecule has 162 valence electrons. The van der Waals surface area contributed by atoms with Crippen LogP contribution in [0.5, 0.6) is 5.75 Å². The van der Waals surface area contributed by atoms with E-state index in [1.54, 1.807) is 22.8 Å². The van der Waals surface area contributed by atoms with Gasteiger partial charge in [0, 0.05) is 29.9 Å². The molecular formula is C23H26FN5OS. The summed E-state index contributed by atoms with van der Waals surface area (Å²) >= 11 is 0. The second-order valence-corrected chi connectivity index (χ2v) is 7.78. The van der Waals surface area contributed by atoms with Crippen LogP contribution in [0.2, 0.25) is 0 Å². The summed E-state index contributed by atoms with van der Waals surface area (Å²) in [5.74, 6) is 1.08. The first-order chi connectivity index (χ1) is 14.4. The van der Waals surface area contributed by atoms with E-state index >= 15 is 0 Å². The van der Waals surface area contributed by atoms with Crippen LogP contribution in [0.4, 0.5) is 10.2 Å². The smallest absolute Gasteiger partial charge is 0.161 e. The number of pyridine rings is 1. The Morgan fingerprint density at radius 1 is 1.06 bits per heavy atom. The molecule has 4 rings (SSSR count). The molecule has 6 nitrogen and oxygen atoms in total. The van der Waals surface area contributed by atoms with Gasteiger partial charge in [-0.1, -0.05) is 32.9 Å². The van der Waals surface area contributed by atoms with Crippen LogP contribution in [-0.2, 0) is 0 Å². The molecule has 3 heterocycles. The first-order valence-corrected chi connectivity index (χ1v) is 9.94. The van der Waals surface area contributed by atoms with E-state index < -0.39 is 5.82 Å². The minimum Gasteiger partial charge on any atom is -0.508 e. The molecule has 0 saturated heterocycles. The molecule has 4 aromatic rings. The van der Waals surface area contributed by atoms with Crippen molar-refractivity contribution in [3.8, 4) is 17.0 Å². The van der Waals surface area contributed by atoms with E-state index in [1.165, 1.54) is 12.3 Å². The summed E-state index contributed by atoms with van der Waals surface area (Å²) in [4.78, 5) is 8.71. The lowest BCUT2D eigenvalue weighted by Gasteiger charge is -2.16. The van der Waals surface area contributed by atoms with Gasteiger partial charge < -0.3 is 10.4 Å². The van der Waals surface area contributed by atoms with Crippen LogP contribution >= 0.6 is 13.5 Å². The predicted molar refractivity (Wildman–Crippen MR) is 126 cm³/mol. The second-order valence-electron chi connectivity index (χ2n) is 7.78. The first kappa shape index (κ1) is 22.6. The zero-order chi connectivity index (χ0) is 21.3. The fourth-order valence-corrected chi connectivity index (χ4v) is 3.39. The van der Waals surface area contributed by atoms with Gasteiger partial charge in [-0.05, 0) is 35.6 Å². The highest BCUT2D eigenvalue weighted by Crippen LogP contribution is 2.27. The third-order valence-corrected chi connectivity index (χ3v) is 5.17. The van der Waals surface area contributed by atoms with Gasteiger partial charge >= 0.3 is 0 Å². The third kappa shape index (κ3) is 4.80. The highest BCUT2D eigenvalue weighted by molar-refractivity contribution is 7.59. The van der Waals surface area contributed by atoms with Gasteiger partial charge in [0.1, 0.15) is 17.4 Å². The minimum absolute atomic E-state index is 0. The van der Waals surface area contributed by atoms with Gasteiger partial charge in [0.05, 0.1) is 18.1 Å². The Morgan fingerprint density at radius 2 is 1.81 bits per heavy atom. The Labute approximate surface area is 187 Å². The molecule has 0 fully saturated rings. The molecule has 1 aromatic carbocycles. The zero-order valence-electron chi connectivity index (χ0n) is 17.7. The van der Waals surface area contributed by atoms with Crippen molar-refractivity contribution in [3.63, 3.8) is 0 Å². The Kier molecular flexibility index (Phi) is 6.80. The molecule has 2 N–H and O–H groups in total. The summed E-state index contributed by atoms with van der Waals surface area (Å²) in [5, 5.41) is 17.5. The molecule has 0 unspecified atom stereocenters. The number of aromatic hydroxyl groups is 1. The number of halogens is 1. The largest absolute Gasteiger partial charge is 0.508 e. The Bertz CT molecular complexity index is 1180. The monoisotopic (exact) mass is 439 g/mol. The zero-order valence-corrected chi connectivity index (χ0v) is 18.7. The Hall–Kier alpha value is -3.13. The van der Waals surface area contributed by atoms with E-state index in [0.29, 0.717) is 17.8 Å². The average Bonchev–Trinajstić information content (AvgIpc) is 3.16. The van der Waals surface area contributed by atoms with E-state index in [-0.39, 0.29) is 31.1 Å². The summed E-state index contributed by atoms with van der Waals surface area (Å²) in [6.45, 7) is 6.95. The van der Waals surface area contributed by atoms with Crippen molar-refractivity contribution in [2.45, 2.75) is 32.6 Å². The van der Waals surface area contributed by atoms with Crippen LogP contribution in [0.3, 0.4) is 0 Å². The lowest BCUT2D eigenvalue weighted by molar-refractivity contribution is 0.475. The van der Waals surface area contributed by atoms with Gasteiger partial charge in [-0.15, -0.1) is 0 Å². The van der Waals surface area contributed by atoms with Crippen molar-refractivity contribution in [2.24, 2.45) is 0 Å².